The van der Waals surface area contributed by atoms with Crippen molar-refractivity contribution in [1.29, 1.82) is 0 Å². The summed E-state index contributed by atoms with van der Waals surface area (Å²) in [6.07, 6.45) is 0. The molecule has 3 N–H and O–H groups in total. The Balaban J connectivity index is 1.61. The molecule has 0 unspecified atom stereocenters. The van der Waals surface area contributed by atoms with E-state index >= 15 is 0 Å². The van der Waals surface area contributed by atoms with Crippen LogP contribution in [0, 0.1) is 0 Å². The van der Waals surface area contributed by atoms with Gasteiger partial charge in [0.05, 0.1) is 44.6 Å². The van der Waals surface area contributed by atoms with Crippen molar-refractivity contribution in [3.8, 4) is 17.2 Å². The molecule has 3 rings (SSSR count). The third kappa shape index (κ3) is 5.53. The molecule has 0 radical (unpaired) electrons. The lowest BCUT2D eigenvalue weighted by molar-refractivity contribution is 0.0940. The van der Waals surface area contributed by atoms with Gasteiger partial charge in [-0.25, -0.2) is 0 Å². The van der Waals surface area contributed by atoms with Gasteiger partial charge in [-0.05, 0) is 58.5 Å². The van der Waals surface area contributed by atoms with Gasteiger partial charge in [0.25, 0.3) is 5.91 Å². The topological polar surface area (TPSA) is 93.3 Å². The second-order valence-electron chi connectivity index (χ2n) is 6.69. The van der Waals surface area contributed by atoms with Crippen molar-refractivity contribution in [2.24, 2.45) is 0 Å². The average Bonchev–Trinajstić information content (AvgIpc) is 2.82. The highest BCUT2D eigenvalue weighted by atomic mass is 79.9. The molecule has 1 fully saturated rings. The number of anilines is 2. The number of benzene rings is 2. The minimum absolute atomic E-state index is 0.232. The maximum absolute atomic E-state index is 12.7. The number of amides is 1. The summed E-state index contributed by atoms with van der Waals surface area (Å²) < 4.78 is 22.0. The van der Waals surface area contributed by atoms with E-state index in [4.69, 9.17) is 31.2 Å². The number of hydrogen-bond acceptors (Lipinski definition) is 7. The number of carbonyl (C=O) groups excluding carboxylic acids is 1. The van der Waals surface area contributed by atoms with Crippen LogP contribution in [0.1, 0.15) is 10.4 Å². The molecule has 1 aliphatic heterocycles. The molecule has 0 aliphatic carbocycles. The summed E-state index contributed by atoms with van der Waals surface area (Å²) in [4.78, 5) is 15.0. The van der Waals surface area contributed by atoms with Crippen molar-refractivity contribution in [1.82, 2.24) is 10.9 Å². The SMILES string of the molecule is COc1c(Br)cc(C(=O)NNC(=S)Nc2ccc(N3CCOCC3)cc2)c(OC)c1OC. The number of hydrogen-bond donors (Lipinski definition) is 3. The van der Waals surface area contributed by atoms with E-state index in [1.54, 1.807) is 6.07 Å². The van der Waals surface area contributed by atoms with E-state index in [1.165, 1.54) is 21.3 Å². The summed E-state index contributed by atoms with van der Waals surface area (Å²) in [7, 11) is 4.42. The Kier molecular flexibility index (Phi) is 8.37. The minimum atomic E-state index is -0.463. The number of hydrazine groups is 1. The lowest BCUT2D eigenvalue weighted by atomic mass is 10.1. The molecule has 0 bridgehead atoms. The van der Waals surface area contributed by atoms with Crippen LogP contribution < -0.4 is 35.3 Å². The van der Waals surface area contributed by atoms with E-state index in [0.29, 0.717) is 16.0 Å². The second-order valence-corrected chi connectivity index (χ2v) is 7.95. The van der Waals surface area contributed by atoms with E-state index in [-0.39, 0.29) is 16.4 Å². The highest BCUT2D eigenvalue weighted by molar-refractivity contribution is 9.10. The molecule has 0 saturated carbocycles. The van der Waals surface area contributed by atoms with E-state index in [0.717, 1.165) is 37.7 Å². The first kappa shape index (κ1) is 23.9. The van der Waals surface area contributed by atoms with Crippen LogP contribution in [0.2, 0.25) is 0 Å². The Hall–Kier alpha value is -2.76. The molecule has 1 saturated heterocycles. The second kappa shape index (κ2) is 11.2. The zero-order chi connectivity index (χ0) is 23.1. The Morgan fingerprint density at radius 1 is 1.00 bits per heavy atom. The Bertz CT molecular complexity index is 968. The molecule has 1 heterocycles. The van der Waals surface area contributed by atoms with E-state index < -0.39 is 5.91 Å². The fraction of sp³-hybridized carbons (Fsp3) is 0.333. The van der Waals surface area contributed by atoms with Gasteiger partial charge in [0.1, 0.15) is 0 Å². The zero-order valence-corrected chi connectivity index (χ0v) is 20.4. The first-order chi connectivity index (χ1) is 15.5. The molecule has 1 aliphatic rings. The van der Waals surface area contributed by atoms with Crippen LogP contribution in [0.3, 0.4) is 0 Å². The Labute approximate surface area is 200 Å². The van der Waals surface area contributed by atoms with E-state index in [2.05, 4.69) is 37.0 Å². The summed E-state index contributed by atoms with van der Waals surface area (Å²) in [5.74, 6) is 0.502. The van der Waals surface area contributed by atoms with Crippen molar-refractivity contribution < 1.29 is 23.7 Å². The van der Waals surface area contributed by atoms with Crippen molar-refractivity contribution in [3.05, 3.63) is 40.4 Å². The number of methoxy groups -OCH3 is 3. The number of nitrogens with one attached hydrogen (secondary N) is 3. The number of thiocarbonyl (C=S) groups is 1. The van der Waals surface area contributed by atoms with Gasteiger partial charge >= 0.3 is 0 Å². The molecule has 32 heavy (non-hydrogen) atoms. The van der Waals surface area contributed by atoms with Crippen LogP contribution in [-0.2, 0) is 4.74 Å². The molecule has 0 aromatic heterocycles. The van der Waals surface area contributed by atoms with Crippen molar-refractivity contribution in [2.45, 2.75) is 0 Å². The van der Waals surface area contributed by atoms with Gasteiger partial charge in [-0.1, -0.05) is 0 Å². The maximum Gasteiger partial charge on any atom is 0.273 e. The summed E-state index contributed by atoms with van der Waals surface area (Å²) in [5, 5.41) is 3.27. The first-order valence-electron chi connectivity index (χ1n) is 9.77. The quantitative estimate of drug-likeness (QED) is 0.389. The van der Waals surface area contributed by atoms with Gasteiger partial charge in [0, 0.05) is 24.5 Å². The molecule has 2 aromatic carbocycles. The highest BCUT2D eigenvalue weighted by Gasteiger charge is 2.24. The number of morpholine rings is 1. The van der Waals surface area contributed by atoms with E-state index in [9.17, 15) is 4.79 Å². The van der Waals surface area contributed by atoms with Gasteiger partial charge in [-0.15, -0.1) is 0 Å². The fourth-order valence-electron chi connectivity index (χ4n) is 3.26. The Morgan fingerprint density at radius 2 is 1.62 bits per heavy atom. The molecule has 0 spiro atoms. The van der Waals surface area contributed by atoms with Crippen molar-refractivity contribution in [2.75, 3.05) is 57.8 Å². The zero-order valence-electron chi connectivity index (χ0n) is 18.0. The standard InChI is InChI=1S/C21H25BrN4O5S/c1-28-17-15(12-16(22)18(29-2)19(17)30-3)20(27)24-25-21(32)23-13-4-6-14(7-5-13)26-8-10-31-11-9-26/h4-7,12H,8-11H2,1-3H3,(H,24,27)(H2,23,25,32). The van der Waals surface area contributed by atoms with Gasteiger partial charge in [-0.2, -0.15) is 0 Å². The Morgan fingerprint density at radius 3 is 2.22 bits per heavy atom. The van der Waals surface area contributed by atoms with Crippen LogP contribution in [0.25, 0.3) is 0 Å². The van der Waals surface area contributed by atoms with E-state index in [1.807, 2.05) is 24.3 Å². The van der Waals surface area contributed by atoms with Gasteiger partial charge in [0.2, 0.25) is 5.75 Å². The number of halogens is 1. The normalized spacial score (nSPS) is 13.2. The van der Waals surface area contributed by atoms with Crippen LogP contribution in [0.4, 0.5) is 11.4 Å². The molecule has 1 amide bonds. The molecule has 0 atom stereocenters. The van der Waals surface area contributed by atoms with Crippen LogP contribution in [0.5, 0.6) is 17.2 Å². The first-order valence-corrected chi connectivity index (χ1v) is 11.0. The smallest absolute Gasteiger partial charge is 0.273 e. The van der Waals surface area contributed by atoms with Gasteiger partial charge < -0.3 is 29.2 Å². The predicted molar refractivity (Wildman–Crippen MR) is 130 cm³/mol. The number of nitrogens with zero attached hydrogens (tertiary/aromatic N) is 1. The molecule has 172 valence electrons. The third-order valence-corrected chi connectivity index (χ3v) is 5.59. The summed E-state index contributed by atoms with van der Waals surface area (Å²) in [6.45, 7) is 3.20. The summed E-state index contributed by atoms with van der Waals surface area (Å²) >= 11 is 8.67. The largest absolute Gasteiger partial charge is 0.492 e. The number of ether oxygens (including phenoxy) is 4. The number of carbonyl (C=O) groups is 1. The fourth-order valence-corrected chi connectivity index (χ4v) is 4.00. The molecule has 11 heteroatoms. The average molecular weight is 525 g/mol. The van der Waals surface area contributed by atoms with Crippen LogP contribution >= 0.6 is 28.1 Å². The third-order valence-electron chi connectivity index (χ3n) is 4.79. The summed E-state index contributed by atoms with van der Waals surface area (Å²) in [6, 6.07) is 9.46. The van der Waals surface area contributed by atoms with Gasteiger partial charge in [0.15, 0.2) is 16.6 Å². The maximum atomic E-state index is 12.7. The highest BCUT2D eigenvalue weighted by Crippen LogP contribution is 2.44. The van der Waals surface area contributed by atoms with Crippen LogP contribution in [0.15, 0.2) is 34.8 Å². The molecular formula is C21H25BrN4O5S. The van der Waals surface area contributed by atoms with Crippen molar-refractivity contribution in [3.63, 3.8) is 0 Å². The monoisotopic (exact) mass is 524 g/mol. The predicted octanol–water partition coefficient (Wildman–Crippen LogP) is 2.94. The lowest BCUT2D eigenvalue weighted by Gasteiger charge is -2.29. The minimum Gasteiger partial charge on any atom is -0.492 e. The molecular weight excluding hydrogens is 500 g/mol. The van der Waals surface area contributed by atoms with Crippen LogP contribution in [-0.4, -0.2) is 58.7 Å². The summed E-state index contributed by atoms with van der Waals surface area (Å²) in [5.41, 5.74) is 7.41. The lowest BCUT2D eigenvalue weighted by Crippen LogP contribution is -2.43. The molecule has 9 nitrogen and oxygen atoms in total. The molecule has 2 aromatic rings. The number of rotatable bonds is 6. The van der Waals surface area contributed by atoms with Crippen molar-refractivity contribution >= 4 is 50.5 Å². The van der Waals surface area contributed by atoms with Gasteiger partial charge in [-0.3, -0.25) is 15.6 Å².